The predicted octanol–water partition coefficient (Wildman–Crippen LogP) is 4.38. The molecule has 0 aromatic rings. The number of nitrogens with one attached hydrogen (secondary N) is 1. The first kappa shape index (κ1) is 20.7. The summed E-state index contributed by atoms with van der Waals surface area (Å²) in [5.41, 5.74) is -0.281. The van der Waals surface area contributed by atoms with Crippen molar-refractivity contribution in [1.29, 1.82) is 0 Å². The molecule has 3 aliphatic rings. The molecule has 27 heavy (non-hydrogen) atoms. The van der Waals surface area contributed by atoms with E-state index in [1.165, 1.54) is 38.5 Å². The zero-order valence-electron chi connectivity index (χ0n) is 18.1. The summed E-state index contributed by atoms with van der Waals surface area (Å²) in [4.78, 5) is 28.6. The fraction of sp³-hybridized carbons (Fsp3) is 0.913. The van der Waals surface area contributed by atoms with Gasteiger partial charge in [-0.1, -0.05) is 53.4 Å². The lowest BCUT2D eigenvalue weighted by Crippen LogP contribution is -2.57. The van der Waals surface area contributed by atoms with Gasteiger partial charge in [-0.05, 0) is 55.8 Å². The molecule has 0 aromatic carbocycles. The molecule has 1 heterocycles. The average molecular weight is 377 g/mol. The zero-order chi connectivity index (χ0) is 19.8. The highest BCUT2D eigenvalue weighted by Gasteiger charge is 2.47. The fourth-order valence-electron chi connectivity index (χ4n) is 5.80. The Morgan fingerprint density at radius 3 is 2.26 bits per heavy atom. The molecule has 2 saturated carbocycles. The van der Waals surface area contributed by atoms with Crippen molar-refractivity contribution in [3.63, 3.8) is 0 Å². The zero-order valence-corrected chi connectivity index (χ0v) is 18.1. The Kier molecular flexibility index (Phi) is 6.22. The fourth-order valence-corrected chi connectivity index (χ4v) is 5.80. The van der Waals surface area contributed by atoms with Crippen LogP contribution in [0.25, 0.3) is 0 Å². The minimum absolute atomic E-state index is 0.00154. The van der Waals surface area contributed by atoms with Gasteiger partial charge < -0.3 is 10.2 Å². The molecule has 2 aliphatic carbocycles. The minimum Gasteiger partial charge on any atom is -0.344 e. The number of nitrogens with zero attached hydrogens (tertiary/aromatic N) is 1. The van der Waals surface area contributed by atoms with Gasteiger partial charge >= 0.3 is 0 Å². The van der Waals surface area contributed by atoms with Crippen LogP contribution >= 0.6 is 0 Å². The van der Waals surface area contributed by atoms with Crippen LogP contribution in [0.2, 0.25) is 0 Å². The number of hydrogen-bond donors (Lipinski definition) is 1. The van der Waals surface area contributed by atoms with Crippen molar-refractivity contribution in [2.45, 2.75) is 98.1 Å². The minimum atomic E-state index is -0.433. The van der Waals surface area contributed by atoms with Crippen LogP contribution in [0.5, 0.6) is 0 Å². The molecule has 3 fully saturated rings. The summed E-state index contributed by atoms with van der Waals surface area (Å²) in [6.45, 7) is 11.4. The molecule has 2 amide bonds. The smallest absolute Gasteiger partial charge is 0.245 e. The number of amides is 2. The number of hydrogen-bond acceptors (Lipinski definition) is 2. The molecule has 0 aromatic heterocycles. The van der Waals surface area contributed by atoms with Crippen molar-refractivity contribution in [3.8, 4) is 0 Å². The van der Waals surface area contributed by atoms with Crippen LogP contribution in [0.1, 0.15) is 86.0 Å². The quantitative estimate of drug-likeness (QED) is 0.791. The van der Waals surface area contributed by atoms with Crippen LogP contribution < -0.4 is 5.32 Å². The van der Waals surface area contributed by atoms with E-state index in [2.05, 4.69) is 44.8 Å². The van der Waals surface area contributed by atoms with Crippen molar-refractivity contribution < 1.29 is 9.59 Å². The number of fused-ring (bicyclic) bond motifs is 1. The van der Waals surface area contributed by atoms with Crippen molar-refractivity contribution in [2.24, 2.45) is 29.1 Å². The lowest BCUT2D eigenvalue weighted by molar-refractivity contribution is -0.141. The van der Waals surface area contributed by atoms with Gasteiger partial charge in [-0.15, -0.1) is 0 Å². The highest BCUT2D eigenvalue weighted by molar-refractivity contribution is 5.89. The molecule has 1 N–H and O–H groups in total. The van der Waals surface area contributed by atoms with Gasteiger partial charge in [0.2, 0.25) is 11.8 Å². The van der Waals surface area contributed by atoms with Crippen LogP contribution in [0, 0.1) is 29.1 Å². The summed E-state index contributed by atoms with van der Waals surface area (Å²) < 4.78 is 0. The van der Waals surface area contributed by atoms with E-state index < -0.39 is 6.04 Å². The largest absolute Gasteiger partial charge is 0.344 e. The van der Waals surface area contributed by atoms with Crippen LogP contribution in [0.15, 0.2) is 0 Å². The van der Waals surface area contributed by atoms with E-state index >= 15 is 0 Å². The molecule has 1 aliphatic heterocycles. The third kappa shape index (κ3) is 4.35. The molecule has 4 nitrogen and oxygen atoms in total. The van der Waals surface area contributed by atoms with E-state index in [4.69, 9.17) is 0 Å². The number of likely N-dealkylation sites (tertiary alicyclic amines) is 1. The second-order valence-electron chi connectivity index (χ2n) is 10.6. The summed E-state index contributed by atoms with van der Waals surface area (Å²) in [6.07, 6.45) is 9.87. The molecule has 0 unspecified atom stereocenters. The van der Waals surface area contributed by atoms with Crippen molar-refractivity contribution in [1.82, 2.24) is 10.2 Å². The molecule has 0 bridgehead atoms. The SMILES string of the molecule is C[C@H](C(=O)N[C@H](C(=O)N1C[C@@H]2CCC[C@@H]2[C@H]1C)C(C)(C)C)C1CCCCC1. The Labute approximate surface area is 165 Å². The monoisotopic (exact) mass is 376 g/mol. The topological polar surface area (TPSA) is 49.4 Å². The molecule has 1 saturated heterocycles. The maximum absolute atomic E-state index is 13.5. The average Bonchev–Trinajstić information content (AvgIpc) is 3.21. The Hall–Kier alpha value is -1.06. The van der Waals surface area contributed by atoms with E-state index in [9.17, 15) is 9.59 Å². The second kappa shape index (κ2) is 8.13. The number of carbonyl (C=O) groups is 2. The normalized spacial score (nSPS) is 31.4. The van der Waals surface area contributed by atoms with E-state index in [1.807, 2.05) is 0 Å². The number of carbonyl (C=O) groups excluding carboxylic acids is 2. The van der Waals surface area contributed by atoms with E-state index in [-0.39, 0.29) is 23.1 Å². The van der Waals surface area contributed by atoms with Crippen LogP contribution in [-0.4, -0.2) is 35.3 Å². The first-order valence-corrected chi connectivity index (χ1v) is 11.3. The van der Waals surface area contributed by atoms with Gasteiger partial charge in [0.15, 0.2) is 0 Å². The highest BCUT2D eigenvalue weighted by Crippen LogP contribution is 2.42. The maximum atomic E-state index is 13.5. The van der Waals surface area contributed by atoms with Crippen LogP contribution in [-0.2, 0) is 9.59 Å². The first-order valence-electron chi connectivity index (χ1n) is 11.3. The standard InChI is InChI=1S/C23H40N2O2/c1-15(17-10-7-6-8-11-17)21(26)24-20(23(3,4)5)22(27)25-14-18-12-9-13-19(18)16(25)2/h15-20H,6-14H2,1-5H3,(H,24,26)/t15-,16+,18-,19+,20+/m0/s1. The molecule has 0 radical (unpaired) electrons. The molecule has 5 atom stereocenters. The Balaban J connectivity index is 1.68. The maximum Gasteiger partial charge on any atom is 0.245 e. The summed E-state index contributed by atoms with van der Waals surface area (Å²) >= 11 is 0. The van der Waals surface area contributed by atoms with Crippen LogP contribution in [0.3, 0.4) is 0 Å². The lowest BCUT2D eigenvalue weighted by Gasteiger charge is -2.37. The van der Waals surface area contributed by atoms with Crippen molar-refractivity contribution in [2.75, 3.05) is 6.54 Å². The Morgan fingerprint density at radius 1 is 1.00 bits per heavy atom. The lowest BCUT2D eigenvalue weighted by atomic mass is 9.79. The van der Waals surface area contributed by atoms with Gasteiger partial charge in [0, 0.05) is 18.5 Å². The summed E-state index contributed by atoms with van der Waals surface area (Å²) in [6, 6.07) is -0.125. The number of rotatable bonds is 4. The molecular formula is C23H40N2O2. The molecule has 154 valence electrons. The van der Waals surface area contributed by atoms with Crippen LogP contribution in [0.4, 0.5) is 0 Å². The highest BCUT2D eigenvalue weighted by atomic mass is 16.2. The van der Waals surface area contributed by atoms with Crippen molar-refractivity contribution >= 4 is 11.8 Å². The molecule has 4 heteroatoms. The van der Waals surface area contributed by atoms with E-state index in [0.717, 1.165) is 19.4 Å². The van der Waals surface area contributed by atoms with Gasteiger partial charge in [-0.25, -0.2) is 0 Å². The molecule has 3 rings (SSSR count). The second-order valence-corrected chi connectivity index (χ2v) is 10.6. The summed E-state index contributed by atoms with van der Waals surface area (Å²) in [5.74, 6) is 2.00. The third-order valence-electron chi connectivity index (χ3n) is 7.71. The summed E-state index contributed by atoms with van der Waals surface area (Å²) in [5, 5.41) is 3.19. The van der Waals surface area contributed by atoms with Gasteiger partial charge in [0.05, 0.1) is 0 Å². The van der Waals surface area contributed by atoms with E-state index in [0.29, 0.717) is 23.8 Å². The van der Waals surface area contributed by atoms with Gasteiger partial charge in [-0.3, -0.25) is 9.59 Å². The van der Waals surface area contributed by atoms with Gasteiger partial charge in [0.1, 0.15) is 6.04 Å². The predicted molar refractivity (Wildman–Crippen MR) is 109 cm³/mol. The molecule has 0 spiro atoms. The van der Waals surface area contributed by atoms with Gasteiger partial charge in [-0.2, -0.15) is 0 Å². The Bertz CT molecular complexity index is 547. The van der Waals surface area contributed by atoms with Gasteiger partial charge in [0.25, 0.3) is 0 Å². The van der Waals surface area contributed by atoms with E-state index in [1.54, 1.807) is 0 Å². The molecular weight excluding hydrogens is 336 g/mol. The van der Waals surface area contributed by atoms with Crippen molar-refractivity contribution in [3.05, 3.63) is 0 Å². The Morgan fingerprint density at radius 2 is 1.67 bits per heavy atom. The first-order chi connectivity index (χ1) is 12.7. The third-order valence-corrected chi connectivity index (χ3v) is 7.71. The summed E-state index contributed by atoms with van der Waals surface area (Å²) in [7, 11) is 0.